The van der Waals surface area contributed by atoms with Crippen LogP contribution in [0, 0.1) is 11.3 Å². The molecule has 1 rings (SSSR count). The summed E-state index contributed by atoms with van der Waals surface area (Å²) in [7, 11) is -3.55. The lowest BCUT2D eigenvalue weighted by Gasteiger charge is -2.28. The first-order chi connectivity index (χ1) is 14.0. The van der Waals surface area contributed by atoms with Crippen molar-refractivity contribution in [2.75, 3.05) is 13.7 Å². The summed E-state index contributed by atoms with van der Waals surface area (Å²) < 4.78 is 32.2. The quantitative estimate of drug-likeness (QED) is 0.317. The number of ether oxygens (including phenoxy) is 2. The van der Waals surface area contributed by atoms with Gasteiger partial charge < -0.3 is 19.7 Å². The van der Waals surface area contributed by atoms with Crippen molar-refractivity contribution in [3.05, 3.63) is 35.9 Å². The SMILES string of the molecule is COC(=O)[C@@H](NC(=O)OC(C)(C)C)C(Cc1ccccc1)OP(=O)(O)OCCC#N. The van der Waals surface area contributed by atoms with Gasteiger partial charge >= 0.3 is 19.9 Å². The van der Waals surface area contributed by atoms with Crippen LogP contribution in [0.5, 0.6) is 0 Å². The van der Waals surface area contributed by atoms with Gasteiger partial charge in [-0.2, -0.15) is 5.26 Å². The van der Waals surface area contributed by atoms with Gasteiger partial charge in [-0.15, -0.1) is 0 Å². The van der Waals surface area contributed by atoms with Crippen molar-refractivity contribution in [1.29, 1.82) is 5.26 Å². The fraction of sp³-hybridized carbons (Fsp3) is 0.526. The largest absolute Gasteiger partial charge is 0.472 e. The van der Waals surface area contributed by atoms with Crippen LogP contribution in [0.4, 0.5) is 4.79 Å². The minimum Gasteiger partial charge on any atom is -0.467 e. The molecule has 0 aliphatic carbocycles. The number of phosphoric acid groups is 1. The predicted molar refractivity (Wildman–Crippen MR) is 106 cm³/mol. The molecule has 1 amide bonds. The lowest BCUT2D eigenvalue weighted by Crippen LogP contribution is -2.52. The van der Waals surface area contributed by atoms with Gasteiger partial charge in [0.1, 0.15) is 11.7 Å². The Labute approximate surface area is 175 Å². The van der Waals surface area contributed by atoms with E-state index in [0.29, 0.717) is 5.56 Å². The lowest BCUT2D eigenvalue weighted by molar-refractivity contribution is -0.145. The van der Waals surface area contributed by atoms with Gasteiger partial charge in [0, 0.05) is 6.42 Å². The van der Waals surface area contributed by atoms with Crippen molar-refractivity contribution in [3.63, 3.8) is 0 Å². The predicted octanol–water partition coefficient (Wildman–Crippen LogP) is 2.71. The molecule has 11 heteroatoms. The highest BCUT2D eigenvalue weighted by molar-refractivity contribution is 7.47. The lowest BCUT2D eigenvalue weighted by atomic mass is 10.0. The van der Waals surface area contributed by atoms with Crippen molar-refractivity contribution in [2.45, 2.75) is 51.4 Å². The average molecular weight is 442 g/mol. The third-order valence-electron chi connectivity index (χ3n) is 3.52. The summed E-state index contributed by atoms with van der Waals surface area (Å²) >= 11 is 0. The van der Waals surface area contributed by atoms with Crippen molar-refractivity contribution < 1.29 is 37.6 Å². The van der Waals surface area contributed by atoms with Gasteiger partial charge in [0.05, 0.1) is 26.2 Å². The zero-order valence-electron chi connectivity index (χ0n) is 17.4. The van der Waals surface area contributed by atoms with E-state index in [-0.39, 0.29) is 19.4 Å². The number of carbonyl (C=O) groups is 2. The Morgan fingerprint density at radius 2 is 1.90 bits per heavy atom. The highest BCUT2D eigenvalue weighted by atomic mass is 31.2. The molecule has 10 nitrogen and oxygen atoms in total. The normalized spacial score (nSPS) is 15.2. The van der Waals surface area contributed by atoms with Gasteiger partial charge in [0.25, 0.3) is 0 Å². The molecule has 3 atom stereocenters. The molecular weight excluding hydrogens is 415 g/mol. The third-order valence-corrected chi connectivity index (χ3v) is 4.56. The highest BCUT2D eigenvalue weighted by Crippen LogP contribution is 2.45. The number of phosphoric ester groups is 1. The zero-order chi connectivity index (χ0) is 22.8. The summed E-state index contributed by atoms with van der Waals surface area (Å²) in [5, 5.41) is 10.9. The molecule has 166 valence electrons. The smallest absolute Gasteiger partial charge is 0.467 e. The molecular formula is C19H27N2O8P. The van der Waals surface area contributed by atoms with Crippen LogP contribution in [0.2, 0.25) is 0 Å². The van der Waals surface area contributed by atoms with Crippen LogP contribution in [0.25, 0.3) is 0 Å². The number of hydrogen-bond donors (Lipinski definition) is 2. The number of methoxy groups -OCH3 is 1. The first-order valence-electron chi connectivity index (χ1n) is 9.11. The number of rotatable bonds is 10. The van der Waals surface area contributed by atoms with E-state index < -0.39 is 37.6 Å². The summed E-state index contributed by atoms with van der Waals surface area (Å²) in [6, 6.07) is 9.00. The molecule has 2 N–H and O–H groups in total. The Hall–Kier alpha value is -2.44. The maximum Gasteiger partial charge on any atom is 0.472 e. The average Bonchev–Trinajstić information content (AvgIpc) is 2.64. The Morgan fingerprint density at radius 3 is 2.43 bits per heavy atom. The molecule has 30 heavy (non-hydrogen) atoms. The van der Waals surface area contributed by atoms with Gasteiger partial charge in [0.15, 0.2) is 6.04 Å². The van der Waals surface area contributed by atoms with E-state index in [1.165, 1.54) is 0 Å². The maximum absolute atomic E-state index is 12.4. The molecule has 0 spiro atoms. The van der Waals surface area contributed by atoms with Crippen LogP contribution in [-0.4, -0.2) is 48.4 Å². The van der Waals surface area contributed by atoms with E-state index in [4.69, 9.17) is 23.8 Å². The van der Waals surface area contributed by atoms with Gasteiger partial charge in [0.2, 0.25) is 0 Å². The summed E-state index contributed by atoms with van der Waals surface area (Å²) in [4.78, 5) is 34.6. The van der Waals surface area contributed by atoms with Crippen LogP contribution in [0.15, 0.2) is 30.3 Å². The Balaban J connectivity index is 3.14. The monoisotopic (exact) mass is 442 g/mol. The summed E-state index contributed by atoms with van der Waals surface area (Å²) in [6.45, 7) is 4.58. The molecule has 0 aliphatic rings. The summed E-state index contributed by atoms with van der Waals surface area (Å²) in [5.74, 6) is -0.904. The second-order valence-electron chi connectivity index (χ2n) is 7.19. The first kappa shape index (κ1) is 25.6. The van der Waals surface area contributed by atoms with E-state index in [2.05, 4.69) is 5.32 Å². The molecule has 0 radical (unpaired) electrons. The van der Waals surface area contributed by atoms with Gasteiger partial charge in [-0.05, 0) is 26.3 Å². The summed E-state index contributed by atoms with van der Waals surface area (Å²) in [6.07, 6.45) is -2.42. The Bertz CT molecular complexity index is 788. The van der Waals surface area contributed by atoms with Crippen molar-refractivity contribution in [1.82, 2.24) is 5.32 Å². The van der Waals surface area contributed by atoms with Crippen LogP contribution in [0.3, 0.4) is 0 Å². The number of nitrogens with one attached hydrogen (secondary N) is 1. The standard InChI is InChI=1S/C19H27N2O8P/c1-19(2,3)28-18(23)21-16(17(22)26-4)15(13-14-9-6-5-7-10-14)29-30(24,25)27-12-8-11-20/h5-7,9-10,15-16H,8,12-13H2,1-4H3,(H,21,23)(H,24,25)/t15?,16-/m0/s1. The number of alkyl carbamates (subject to hydrolysis) is 1. The third kappa shape index (κ3) is 9.85. The van der Waals surface area contributed by atoms with E-state index in [1.807, 2.05) is 0 Å². The second-order valence-corrected chi connectivity index (χ2v) is 8.60. The molecule has 1 aromatic carbocycles. The molecule has 0 heterocycles. The number of nitrogens with zero attached hydrogens (tertiary/aromatic N) is 1. The maximum atomic E-state index is 12.4. The van der Waals surface area contributed by atoms with Crippen LogP contribution < -0.4 is 5.32 Å². The second kappa shape index (κ2) is 11.7. The molecule has 2 unspecified atom stereocenters. The highest BCUT2D eigenvalue weighted by Gasteiger charge is 2.38. The molecule has 0 aliphatic heterocycles. The number of nitriles is 1. The summed E-state index contributed by atoms with van der Waals surface area (Å²) in [5.41, 5.74) is -0.174. The number of amides is 1. The van der Waals surface area contributed by atoms with Crippen LogP contribution in [0.1, 0.15) is 32.8 Å². The molecule has 0 bridgehead atoms. The first-order valence-corrected chi connectivity index (χ1v) is 10.6. The topological polar surface area (TPSA) is 144 Å². The number of hydrogen-bond acceptors (Lipinski definition) is 8. The van der Waals surface area contributed by atoms with Gasteiger partial charge in [-0.3, -0.25) is 9.05 Å². The van der Waals surface area contributed by atoms with E-state index in [0.717, 1.165) is 7.11 Å². The van der Waals surface area contributed by atoms with Crippen molar-refractivity contribution in [3.8, 4) is 6.07 Å². The number of benzene rings is 1. The van der Waals surface area contributed by atoms with Crippen molar-refractivity contribution >= 4 is 19.9 Å². The molecule has 0 saturated carbocycles. The van der Waals surface area contributed by atoms with E-state index in [9.17, 15) is 19.0 Å². The van der Waals surface area contributed by atoms with Gasteiger partial charge in [-0.25, -0.2) is 14.2 Å². The fourth-order valence-electron chi connectivity index (χ4n) is 2.34. The molecule has 0 aromatic heterocycles. The Morgan fingerprint density at radius 1 is 1.27 bits per heavy atom. The van der Waals surface area contributed by atoms with Crippen molar-refractivity contribution in [2.24, 2.45) is 0 Å². The van der Waals surface area contributed by atoms with E-state index in [1.54, 1.807) is 57.2 Å². The fourth-order valence-corrected chi connectivity index (χ4v) is 3.26. The zero-order valence-corrected chi connectivity index (χ0v) is 18.3. The van der Waals surface area contributed by atoms with Gasteiger partial charge in [-0.1, -0.05) is 30.3 Å². The number of esters is 1. The molecule has 0 saturated heterocycles. The van der Waals surface area contributed by atoms with Crippen LogP contribution in [-0.2, 0) is 34.3 Å². The van der Waals surface area contributed by atoms with Crippen LogP contribution >= 0.6 is 7.82 Å². The number of carbonyl (C=O) groups excluding carboxylic acids is 2. The molecule has 0 fully saturated rings. The van der Waals surface area contributed by atoms with E-state index >= 15 is 0 Å². The Kier molecular flexibility index (Phi) is 9.96. The molecule has 1 aromatic rings. The minimum atomic E-state index is -4.65. The minimum absolute atomic E-state index is 0.0252.